The Hall–Kier alpha value is -2.37. The fourth-order valence-electron chi connectivity index (χ4n) is 1.97. The molecule has 23 heavy (non-hydrogen) atoms. The van der Waals surface area contributed by atoms with E-state index >= 15 is 0 Å². The highest BCUT2D eigenvalue weighted by Crippen LogP contribution is 2.07. The summed E-state index contributed by atoms with van der Waals surface area (Å²) in [5, 5.41) is 25.0. The lowest BCUT2D eigenvalue weighted by Crippen LogP contribution is -2.34. The van der Waals surface area contributed by atoms with Gasteiger partial charge in [-0.15, -0.1) is 0 Å². The summed E-state index contributed by atoms with van der Waals surface area (Å²) in [6.07, 6.45) is -0.0927. The lowest BCUT2D eigenvalue weighted by Gasteiger charge is -2.15. The van der Waals surface area contributed by atoms with Gasteiger partial charge in [-0.2, -0.15) is 0 Å². The predicted octanol–water partition coefficient (Wildman–Crippen LogP) is 2.23. The zero-order chi connectivity index (χ0) is 16.9. The molecule has 1 amide bonds. The SMILES string of the molecule is O=C(O)N(CCO)CCO.c1ccc(Cc2ccccc2)cc1. The van der Waals surface area contributed by atoms with Gasteiger partial charge in [-0.3, -0.25) is 0 Å². The van der Waals surface area contributed by atoms with Gasteiger partial charge >= 0.3 is 6.09 Å². The van der Waals surface area contributed by atoms with E-state index in [2.05, 4.69) is 60.7 Å². The van der Waals surface area contributed by atoms with Crippen LogP contribution in [0, 0.1) is 0 Å². The lowest BCUT2D eigenvalue weighted by atomic mass is 10.1. The van der Waals surface area contributed by atoms with E-state index in [1.807, 2.05) is 0 Å². The molecule has 0 saturated heterocycles. The highest BCUT2D eigenvalue weighted by atomic mass is 16.4. The van der Waals surface area contributed by atoms with Gasteiger partial charge < -0.3 is 20.2 Å². The summed E-state index contributed by atoms with van der Waals surface area (Å²) < 4.78 is 0. The summed E-state index contributed by atoms with van der Waals surface area (Å²) in [6, 6.07) is 21.1. The van der Waals surface area contributed by atoms with Crippen molar-refractivity contribution in [3.8, 4) is 0 Å². The number of aliphatic hydroxyl groups is 2. The minimum atomic E-state index is -1.12. The minimum Gasteiger partial charge on any atom is -0.465 e. The van der Waals surface area contributed by atoms with Crippen LogP contribution in [0.3, 0.4) is 0 Å². The molecule has 0 atom stereocenters. The Labute approximate surface area is 136 Å². The van der Waals surface area contributed by atoms with Crippen molar-refractivity contribution in [1.82, 2.24) is 4.90 Å². The van der Waals surface area contributed by atoms with E-state index in [0.717, 1.165) is 11.3 Å². The molecule has 0 aromatic heterocycles. The van der Waals surface area contributed by atoms with Gasteiger partial charge in [0.05, 0.1) is 13.2 Å². The quantitative estimate of drug-likeness (QED) is 0.763. The van der Waals surface area contributed by atoms with Crippen LogP contribution in [0.2, 0.25) is 0 Å². The van der Waals surface area contributed by atoms with Crippen LogP contribution in [0.25, 0.3) is 0 Å². The summed E-state index contributed by atoms with van der Waals surface area (Å²) in [5.41, 5.74) is 2.74. The maximum Gasteiger partial charge on any atom is 0.407 e. The zero-order valence-electron chi connectivity index (χ0n) is 13.0. The van der Waals surface area contributed by atoms with Crippen molar-refractivity contribution in [2.24, 2.45) is 0 Å². The van der Waals surface area contributed by atoms with Crippen molar-refractivity contribution >= 4 is 6.09 Å². The molecule has 3 N–H and O–H groups in total. The molecule has 0 bridgehead atoms. The first-order chi connectivity index (χ1) is 11.2. The van der Waals surface area contributed by atoms with Gasteiger partial charge in [-0.25, -0.2) is 4.79 Å². The minimum absolute atomic E-state index is 0.0515. The topological polar surface area (TPSA) is 81.0 Å². The number of carbonyl (C=O) groups is 1. The van der Waals surface area contributed by atoms with Crippen LogP contribution in [-0.4, -0.2) is 52.6 Å². The molecule has 2 rings (SSSR count). The second kappa shape index (κ2) is 11.2. The molecule has 0 radical (unpaired) electrons. The van der Waals surface area contributed by atoms with Crippen LogP contribution in [0.1, 0.15) is 11.1 Å². The average molecular weight is 317 g/mol. The Morgan fingerprint density at radius 3 is 1.48 bits per heavy atom. The number of carboxylic acid groups (broad SMARTS) is 1. The first-order valence-corrected chi connectivity index (χ1v) is 7.44. The average Bonchev–Trinajstić information content (AvgIpc) is 2.57. The third-order valence-corrected chi connectivity index (χ3v) is 3.10. The molecular formula is C18H23NO4. The zero-order valence-corrected chi connectivity index (χ0v) is 13.0. The standard InChI is InChI=1S/C13H12.C5H11NO4/c1-3-7-12(8-4-1)11-13-9-5-2-6-10-13;7-3-1-6(2-4-8)5(9)10/h1-10H,11H2;7-8H,1-4H2,(H,9,10). The highest BCUT2D eigenvalue weighted by molar-refractivity contribution is 5.64. The molecule has 2 aromatic carbocycles. The molecule has 124 valence electrons. The van der Waals surface area contributed by atoms with Gasteiger partial charge in [-0.05, 0) is 17.5 Å². The largest absolute Gasteiger partial charge is 0.465 e. The third kappa shape index (κ3) is 7.99. The van der Waals surface area contributed by atoms with Crippen LogP contribution in [0.15, 0.2) is 60.7 Å². The van der Waals surface area contributed by atoms with Crippen molar-refractivity contribution in [2.45, 2.75) is 6.42 Å². The van der Waals surface area contributed by atoms with Crippen LogP contribution < -0.4 is 0 Å². The van der Waals surface area contributed by atoms with Crippen molar-refractivity contribution in [3.63, 3.8) is 0 Å². The van der Waals surface area contributed by atoms with E-state index in [0.29, 0.717) is 0 Å². The molecule has 2 aromatic rings. The number of benzene rings is 2. The van der Waals surface area contributed by atoms with Crippen molar-refractivity contribution < 1.29 is 20.1 Å². The second-order valence-electron chi connectivity index (χ2n) is 4.86. The molecular weight excluding hydrogens is 294 g/mol. The molecule has 0 aliphatic heterocycles. The Balaban J connectivity index is 0.000000241. The summed E-state index contributed by atoms with van der Waals surface area (Å²) in [7, 11) is 0. The smallest absolute Gasteiger partial charge is 0.407 e. The third-order valence-electron chi connectivity index (χ3n) is 3.10. The van der Waals surface area contributed by atoms with Crippen LogP contribution in [-0.2, 0) is 6.42 Å². The van der Waals surface area contributed by atoms with E-state index in [9.17, 15) is 4.79 Å². The molecule has 0 aliphatic rings. The molecule has 0 spiro atoms. The molecule has 0 aliphatic carbocycles. The van der Waals surface area contributed by atoms with Gasteiger partial charge in [0.25, 0.3) is 0 Å². The van der Waals surface area contributed by atoms with Gasteiger partial charge in [0.15, 0.2) is 0 Å². The van der Waals surface area contributed by atoms with E-state index < -0.39 is 6.09 Å². The van der Waals surface area contributed by atoms with Crippen molar-refractivity contribution in [3.05, 3.63) is 71.8 Å². The normalized spacial score (nSPS) is 9.65. The highest BCUT2D eigenvalue weighted by Gasteiger charge is 2.08. The van der Waals surface area contributed by atoms with Gasteiger partial charge in [0, 0.05) is 13.1 Å². The summed E-state index contributed by atoms with van der Waals surface area (Å²) >= 11 is 0. The monoisotopic (exact) mass is 317 g/mol. The number of hydrogen-bond acceptors (Lipinski definition) is 3. The second-order valence-corrected chi connectivity index (χ2v) is 4.86. The fraction of sp³-hybridized carbons (Fsp3) is 0.278. The first-order valence-electron chi connectivity index (χ1n) is 7.44. The first kappa shape index (κ1) is 18.7. The van der Waals surface area contributed by atoms with E-state index in [1.165, 1.54) is 11.1 Å². The predicted molar refractivity (Wildman–Crippen MR) is 89.5 cm³/mol. The Kier molecular flexibility index (Phi) is 9.12. The molecule has 0 saturated carbocycles. The summed E-state index contributed by atoms with van der Waals surface area (Å²) in [5.74, 6) is 0. The van der Waals surface area contributed by atoms with Crippen molar-refractivity contribution in [2.75, 3.05) is 26.3 Å². The Bertz CT molecular complexity index is 502. The molecule has 0 unspecified atom stereocenters. The fourth-order valence-corrected chi connectivity index (χ4v) is 1.97. The molecule has 0 fully saturated rings. The number of hydrogen-bond donors (Lipinski definition) is 3. The van der Waals surface area contributed by atoms with E-state index in [4.69, 9.17) is 15.3 Å². The number of rotatable bonds is 6. The van der Waals surface area contributed by atoms with E-state index in [-0.39, 0.29) is 26.3 Å². The maximum absolute atomic E-state index is 10.2. The van der Waals surface area contributed by atoms with E-state index in [1.54, 1.807) is 0 Å². The molecule has 5 nitrogen and oxygen atoms in total. The summed E-state index contributed by atoms with van der Waals surface area (Å²) in [6.45, 7) is -0.329. The Morgan fingerprint density at radius 1 is 0.783 bits per heavy atom. The summed E-state index contributed by atoms with van der Waals surface area (Å²) in [4.78, 5) is 11.1. The van der Waals surface area contributed by atoms with Gasteiger partial charge in [-0.1, -0.05) is 60.7 Å². The number of aliphatic hydroxyl groups excluding tert-OH is 2. The number of nitrogens with zero attached hydrogens (tertiary/aromatic N) is 1. The van der Waals surface area contributed by atoms with Crippen LogP contribution in [0.4, 0.5) is 4.79 Å². The van der Waals surface area contributed by atoms with Gasteiger partial charge in [0.1, 0.15) is 0 Å². The Morgan fingerprint density at radius 2 is 1.17 bits per heavy atom. The molecule has 0 heterocycles. The van der Waals surface area contributed by atoms with Crippen LogP contribution in [0.5, 0.6) is 0 Å². The number of amides is 1. The van der Waals surface area contributed by atoms with Gasteiger partial charge in [0.2, 0.25) is 0 Å². The van der Waals surface area contributed by atoms with Crippen LogP contribution >= 0.6 is 0 Å². The van der Waals surface area contributed by atoms with Crippen molar-refractivity contribution in [1.29, 1.82) is 0 Å². The maximum atomic E-state index is 10.2. The molecule has 5 heteroatoms. The lowest BCUT2D eigenvalue weighted by molar-refractivity contribution is 0.119.